The molecule has 0 bridgehead atoms. The van der Waals surface area contributed by atoms with Crippen molar-refractivity contribution in [3.63, 3.8) is 0 Å². The van der Waals surface area contributed by atoms with Crippen LogP contribution in [0.15, 0.2) is 97.1 Å². The second-order valence-electron chi connectivity index (χ2n) is 12.1. The van der Waals surface area contributed by atoms with Crippen LogP contribution < -0.4 is 20.1 Å². The van der Waals surface area contributed by atoms with Gasteiger partial charge in [0.15, 0.2) is 11.7 Å². The molecular weight excluding hydrogens is 502 g/mol. The summed E-state index contributed by atoms with van der Waals surface area (Å²) in [6.45, 7) is 14.3. The fourth-order valence-electron chi connectivity index (χ4n) is 5.86. The Morgan fingerprint density at radius 3 is 1.18 bits per heavy atom. The highest BCUT2D eigenvalue weighted by Crippen LogP contribution is 2.69. The lowest BCUT2D eigenvalue weighted by atomic mass is 10.1. The van der Waals surface area contributed by atoms with Crippen molar-refractivity contribution in [2.75, 3.05) is 0 Å². The van der Waals surface area contributed by atoms with Gasteiger partial charge in [-0.25, -0.2) is 0 Å². The zero-order valence-electron chi connectivity index (χ0n) is 23.1. The van der Waals surface area contributed by atoms with Gasteiger partial charge in [0.1, 0.15) is 11.5 Å². The Morgan fingerprint density at radius 1 is 0.474 bits per heavy atom. The Kier molecular flexibility index (Phi) is 6.41. The zero-order valence-corrected chi connectivity index (χ0v) is 24.9. The minimum Gasteiger partial charge on any atom is -0.481 e. The summed E-state index contributed by atoms with van der Waals surface area (Å²) in [5, 5.41) is 2.88. The highest BCUT2D eigenvalue weighted by molar-refractivity contribution is 7.72. The van der Waals surface area contributed by atoms with E-state index in [-0.39, 0.29) is 22.0 Å². The summed E-state index contributed by atoms with van der Waals surface area (Å²) in [6.07, 6.45) is 0. The molecule has 0 aliphatic carbocycles. The summed E-state index contributed by atoms with van der Waals surface area (Å²) in [6, 6.07) is 34.7. The van der Waals surface area contributed by atoms with Gasteiger partial charge in [0.25, 0.3) is 0 Å². The highest BCUT2D eigenvalue weighted by atomic mass is 31.1. The molecule has 0 fully saturated rings. The molecule has 4 aromatic rings. The lowest BCUT2D eigenvalue weighted by molar-refractivity contribution is 0.171. The zero-order chi connectivity index (χ0) is 26.7. The Labute approximate surface area is 229 Å². The van der Waals surface area contributed by atoms with Gasteiger partial charge >= 0.3 is 0 Å². The fourth-order valence-corrected chi connectivity index (χ4v) is 12.8. The van der Waals surface area contributed by atoms with Crippen molar-refractivity contribution in [1.29, 1.82) is 0 Å². The van der Waals surface area contributed by atoms with Gasteiger partial charge in [-0.2, -0.15) is 0 Å². The summed E-state index contributed by atoms with van der Waals surface area (Å²) in [5.74, 6) is 2.05. The fraction of sp³-hybridized carbons (Fsp3) is 0.294. The second kappa shape index (κ2) is 9.51. The summed E-state index contributed by atoms with van der Waals surface area (Å²) >= 11 is 0. The van der Waals surface area contributed by atoms with Crippen LogP contribution in [-0.4, -0.2) is 22.0 Å². The smallest absolute Gasteiger partial charge is 0.162 e. The van der Waals surface area contributed by atoms with Crippen molar-refractivity contribution >= 4 is 26.5 Å². The Morgan fingerprint density at radius 2 is 0.842 bits per heavy atom. The van der Waals surface area contributed by atoms with E-state index in [0.29, 0.717) is 0 Å². The number of rotatable bonds is 3. The van der Waals surface area contributed by atoms with Gasteiger partial charge in [-0.15, -0.1) is 0 Å². The molecule has 4 atom stereocenters. The molecule has 4 heteroatoms. The quantitative estimate of drug-likeness (QED) is 0.242. The van der Waals surface area contributed by atoms with Gasteiger partial charge in [0.2, 0.25) is 0 Å². The maximum absolute atomic E-state index is 7.01. The van der Waals surface area contributed by atoms with Gasteiger partial charge in [0, 0.05) is 10.6 Å². The molecule has 2 aliphatic heterocycles. The number of ether oxygens (including phenoxy) is 2. The van der Waals surface area contributed by atoms with Gasteiger partial charge in [-0.3, -0.25) is 0 Å². The summed E-state index contributed by atoms with van der Waals surface area (Å²) in [4.78, 5) is 0. The molecule has 0 aromatic heterocycles. The molecule has 6 rings (SSSR count). The average molecular weight is 539 g/mol. The van der Waals surface area contributed by atoms with E-state index in [1.165, 1.54) is 32.9 Å². The van der Waals surface area contributed by atoms with Gasteiger partial charge in [-0.1, -0.05) is 126 Å². The maximum atomic E-state index is 7.01. The molecule has 2 heterocycles. The van der Waals surface area contributed by atoms with E-state index in [4.69, 9.17) is 9.47 Å². The first-order valence-corrected chi connectivity index (χ1v) is 16.3. The van der Waals surface area contributed by atoms with Crippen molar-refractivity contribution in [1.82, 2.24) is 0 Å². The van der Waals surface area contributed by atoms with E-state index in [9.17, 15) is 0 Å². The monoisotopic (exact) mass is 538 g/mol. The first-order valence-electron chi connectivity index (χ1n) is 13.4. The number of hydrogen-bond donors (Lipinski definition) is 0. The third-order valence-corrected chi connectivity index (χ3v) is 14.1. The van der Waals surface area contributed by atoms with Gasteiger partial charge < -0.3 is 9.47 Å². The van der Waals surface area contributed by atoms with E-state index in [0.717, 1.165) is 11.5 Å². The van der Waals surface area contributed by atoms with Gasteiger partial charge in [-0.05, 0) is 60.5 Å². The van der Waals surface area contributed by atoms with Crippen LogP contribution >= 0.6 is 15.8 Å². The minimum absolute atomic E-state index is 0.00813. The first kappa shape index (κ1) is 25.6. The Hall–Kier alpha value is -2.66. The van der Waals surface area contributed by atoms with E-state index in [1.54, 1.807) is 0 Å². The standard InChI is InChI=1S/C34H36O2P2/c1-33(2,3)37-29-25(23-15-9-7-10-16-23)19-13-21-27(29)35-31(37)32-36-28-22-14-20-26(24-17-11-8-12-18-24)30(28)38(32)34(4,5)6/h7-22,31-32H,1-6H3/t31-,32+,37+,38-. The summed E-state index contributed by atoms with van der Waals surface area (Å²) in [5.41, 5.74) is 5.11. The Bertz CT molecular complexity index is 1340. The van der Waals surface area contributed by atoms with Crippen LogP contribution in [0, 0.1) is 0 Å². The van der Waals surface area contributed by atoms with Crippen molar-refractivity contribution in [2.45, 2.75) is 63.5 Å². The molecule has 0 spiro atoms. The lowest BCUT2D eigenvalue weighted by Crippen LogP contribution is -2.38. The molecular formula is C34H36O2P2. The summed E-state index contributed by atoms with van der Waals surface area (Å²) < 4.78 is 14.0. The van der Waals surface area contributed by atoms with Gasteiger partial charge in [0.05, 0.1) is 0 Å². The van der Waals surface area contributed by atoms with Crippen LogP contribution in [0.25, 0.3) is 22.3 Å². The van der Waals surface area contributed by atoms with Crippen molar-refractivity contribution in [2.24, 2.45) is 0 Å². The molecule has 0 radical (unpaired) electrons. The van der Waals surface area contributed by atoms with Crippen LogP contribution in [0.5, 0.6) is 11.5 Å². The number of hydrogen-bond acceptors (Lipinski definition) is 2. The molecule has 38 heavy (non-hydrogen) atoms. The van der Waals surface area contributed by atoms with E-state index in [2.05, 4.69) is 139 Å². The highest BCUT2D eigenvalue weighted by Gasteiger charge is 2.55. The second-order valence-corrected chi connectivity index (χ2v) is 18.2. The van der Waals surface area contributed by atoms with Crippen molar-refractivity contribution < 1.29 is 9.47 Å². The third kappa shape index (κ3) is 4.37. The Balaban J connectivity index is 1.50. The molecule has 2 aliphatic rings. The van der Waals surface area contributed by atoms with E-state index in [1.807, 2.05) is 0 Å². The minimum atomic E-state index is -0.692. The number of fused-ring (bicyclic) bond motifs is 2. The number of benzene rings is 4. The lowest BCUT2D eigenvalue weighted by Gasteiger charge is -2.40. The van der Waals surface area contributed by atoms with Crippen LogP contribution in [-0.2, 0) is 0 Å². The normalized spacial score (nSPS) is 22.4. The molecule has 0 unspecified atom stereocenters. The predicted octanol–water partition coefficient (Wildman–Crippen LogP) is 8.97. The molecule has 0 N–H and O–H groups in total. The topological polar surface area (TPSA) is 18.5 Å². The largest absolute Gasteiger partial charge is 0.481 e. The maximum Gasteiger partial charge on any atom is 0.162 e. The van der Waals surface area contributed by atoms with Crippen LogP contribution in [0.4, 0.5) is 0 Å². The third-order valence-electron chi connectivity index (χ3n) is 7.34. The van der Waals surface area contributed by atoms with Crippen molar-refractivity contribution in [3.8, 4) is 33.8 Å². The molecule has 194 valence electrons. The predicted molar refractivity (Wildman–Crippen MR) is 165 cm³/mol. The van der Waals surface area contributed by atoms with Crippen LogP contribution in [0.1, 0.15) is 41.5 Å². The molecule has 0 saturated carbocycles. The molecule has 4 aromatic carbocycles. The average Bonchev–Trinajstić information content (AvgIpc) is 3.48. The SMILES string of the molecule is CC(C)(C)[P@]1c2c(cccc2-c2ccccc2)O[C@@H]1[C@@H]1Oc2cccc(-c3ccccc3)c2[P@]1C(C)(C)C. The van der Waals surface area contributed by atoms with Crippen molar-refractivity contribution in [3.05, 3.63) is 97.1 Å². The molecule has 0 saturated heterocycles. The van der Waals surface area contributed by atoms with Crippen LogP contribution in [0.3, 0.4) is 0 Å². The molecule has 2 nitrogen and oxygen atoms in total. The van der Waals surface area contributed by atoms with E-state index < -0.39 is 15.8 Å². The van der Waals surface area contributed by atoms with E-state index >= 15 is 0 Å². The molecule has 0 amide bonds. The van der Waals surface area contributed by atoms with Crippen LogP contribution in [0.2, 0.25) is 0 Å². The first-order chi connectivity index (χ1) is 18.1. The summed E-state index contributed by atoms with van der Waals surface area (Å²) in [7, 11) is -1.38.